The molecule has 4 nitrogen and oxygen atoms in total. The van der Waals surface area contributed by atoms with Crippen molar-refractivity contribution in [1.29, 1.82) is 0 Å². The molecule has 0 aliphatic carbocycles. The number of aryl methyl sites for hydroxylation is 1. The number of aliphatic hydroxyl groups excluding tert-OH is 1. The quantitative estimate of drug-likeness (QED) is 0.537. The molecule has 1 aromatic rings. The Labute approximate surface area is 98.5 Å². The van der Waals surface area contributed by atoms with Crippen molar-refractivity contribution in [3.05, 3.63) is 23.8 Å². The summed E-state index contributed by atoms with van der Waals surface area (Å²) in [6, 6.07) is 5.54. The van der Waals surface area contributed by atoms with Gasteiger partial charge in [-0.3, -0.25) is 4.79 Å². The van der Waals surface area contributed by atoms with Crippen molar-refractivity contribution in [2.24, 2.45) is 0 Å². The molecule has 1 aromatic carbocycles. The smallest absolute Gasteiger partial charge is 0.306 e. The minimum Gasteiger partial charge on any atom is -0.481 e. The third-order valence-corrected chi connectivity index (χ3v) is 3.36. The molecule has 0 fully saturated rings. The summed E-state index contributed by atoms with van der Waals surface area (Å²) in [7, 11) is 0. The number of aliphatic carboxylic acids is 1. The molecule has 0 aromatic heterocycles. The molecule has 88 valence electrons. The average Bonchev–Trinajstić information content (AvgIpc) is 2.18. The number of anilines is 1. The number of rotatable bonds is 5. The van der Waals surface area contributed by atoms with E-state index in [2.05, 4.69) is 0 Å². The van der Waals surface area contributed by atoms with E-state index < -0.39 is 12.1 Å². The second-order valence-corrected chi connectivity index (χ2v) is 4.65. The highest BCUT2D eigenvalue weighted by atomic mass is 32.2. The van der Waals surface area contributed by atoms with Gasteiger partial charge in [0.1, 0.15) is 0 Å². The van der Waals surface area contributed by atoms with Crippen LogP contribution in [0.15, 0.2) is 23.1 Å². The maximum atomic E-state index is 10.4. The molecule has 0 aliphatic rings. The Balaban J connectivity index is 2.54. The van der Waals surface area contributed by atoms with Crippen LogP contribution in [0.1, 0.15) is 12.0 Å². The number of nitrogen functional groups attached to an aromatic ring is 1. The van der Waals surface area contributed by atoms with E-state index in [1.165, 1.54) is 11.8 Å². The van der Waals surface area contributed by atoms with Crippen molar-refractivity contribution in [1.82, 2.24) is 0 Å². The maximum absolute atomic E-state index is 10.4. The molecule has 1 rings (SSSR count). The number of thioether (sulfide) groups is 1. The average molecular weight is 241 g/mol. The van der Waals surface area contributed by atoms with Gasteiger partial charge in [0.25, 0.3) is 0 Å². The molecular formula is C11H15NO3S. The Bertz CT molecular complexity index is 381. The lowest BCUT2D eigenvalue weighted by Gasteiger charge is -2.09. The Kier molecular flexibility index (Phi) is 4.64. The van der Waals surface area contributed by atoms with Gasteiger partial charge in [-0.1, -0.05) is 6.07 Å². The lowest BCUT2D eigenvalue weighted by atomic mass is 10.2. The van der Waals surface area contributed by atoms with E-state index in [-0.39, 0.29) is 6.42 Å². The highest BCUT2D eigenvalue weighted by Gasteiger charge is 2.10. The molecular weight excluding hydrogens is 226 g/mol. The summed E-state index contributed by atoms with van der Waals surface area (Å²) in [4.78, 5) is 11.3. The van der Waals surface area contributed by atoms with Gasteiger partial charge in [0, 0.05) is 16.3 Å². The van der Waals surface area contributed by atoms with Crippen LogP contribution in [0, 0.1) is 6.92 Å². The topological polar surface area (TPSA) is 83.5 Å². The second-order valence-electron chi connectivity index (χ2n) is 3.59. The van der Waals surface area contributed by atoms with Crippen molar-refractivity contribution in [3.63, 3.8) is 0 Å². The van der Waals surface area contributed by atoms with Crippen LogP contribution in [0.2, 0.25) is 0 Å². The first-order valence-corrected chi connectivity index (χ1v) is 5.86. The van der Waals surface area contributed by atoms with E-state index in [4.69, 9.17) is 10.8 Å². The highest BCUT2D eigenvalue weighted by molar-refractivity contribution is 7.99. The summed E-state index contributed by atoms with van der Waals surface area (Å²) >= 11 is 1.42. The summed E-state index contributed by atoms with van der Waals surface area (Å²) in [5.41, 5.74) is 7.38. The fourth-order valence-electron chi connectivity index (χ4n) is 1.22. The predicted octanol–water partition coefficient (Wildman–Crippen LogP) is 1.50. The van der Waals surface area contributed by atoms with Crippen LogP contribution in [-0.4, -0.2) is 28.0 Å². The highest BCUT2D eigenvalue weighted by Crippen LogP contribution is 2.25. The molecule has 0 aliphatic heterocycles. The Morgan fingerprint density at radius 3 is 2.88 bits per heavy atom. The Hall–Kier alpha value is -1.20. The van der Waals surface area contributed by atoms with Crippen molar-refractivity contribution >= 4 is 23.4 Å². The van der Waals surface area contributed by atoms with Gasteiger partial charge in [0.2, 0.25) is 0 Å². The fraction of sp³-hybridized carbons (Fsp3) is 0.364. The number of benzene rings is 1. The summed E-state index contributed by atoms with van der Waals surface area (Å²) < 4.78 is 0. The lowest BCUT2D eigenvalue weighted by Crippen LogP contribution is -2.15. The van der Waals surface area contributed by atoms with Crippen LogP contribution in [-0.2, 0) is 4.79 Å². The van der Waals surface area contributed by atoms with Gasteiger partial charge < -0.3 is 15.9 Å². The van der Waals surface area contributed by atoms with Crippen molar-refractivity contribution in [2.45, 2.75) is 24.3 Å². The van der Waals surface area contributed by atoms with Gasteiger partial charge in [-0.25, -0.2) is 0 Å². The van der Waals surface area contributed by atoms with E-state index in [1.54, 1.807) is 0 Å². The Morgan fingerprint density at radius 1 is 1.56 bits per heavy atom. The first kappa shape index (κ1) is 12.9. The number of hydrogen-bond donors (Lipinski definition) is 3. The molecule has 1 atom stereocenters. The number of carboxylic acids is 1. The van der Waals surface area contributed by atoms with Crippen LogP contribution in [0.25, 0.3) is 0 Å². The van der Waals surface area contributed by atoms with Crippen LogP contribution in [0.4, 0.5) is 5.69 Å². The first-order valence-electron chi connectivity index (χ1n) is 4.88. The van der Waals surface area contributed by atoms with Crippen molar-refractivity contribution in [3.8, 4) is 0 Å². The van der Waals surface area contributed by atoms with E-state index in [1.807, 2.05) is 25.1 Å². The van der Waals surface area contributed by atoms with Crippen LogP contribution < -0.4 is 5.73 Å². The molecule has 0 bridgehead atoms. The number of aliphatic hydroxyl groups is 1. The molecule has 0 radical (unpaired) electrons. The van der Waals surface area contributed by atoms with Gasteiger partial charge in [0.05, 0.1) is 12.5 Å². The molecule has 16 heavy (non-hydrogen) atoms. The third kappa shape index (κ3) is 4.12. The molecule has 1 unspecified atom stereocenters. The normalized spacial score (nSPS) is 12.4. The summed E-state index contributed by atoms with van der Waals surface area (Å²) in [5, 5.41) is 17.9. The second kappa shape index (κ2) is 5.77. The van der Waals surface area contributed by atoms with Gasteiger partial charge >= 0.3 is 5.97 Å². The monoisotopic (exact) mass is 241 g/mol. The number of carboxylic acid groups (broad SMARTS) is 1. The lowest BCUT2D eigenvalue weighted by molar-refractivity contribution is -0.138. The van der Waals surface area contributed by atoms with E-state index in [0.717, 1.165) is 10.5 Å². The molecule has 4 N–H and O–H groups in total. The maximum Gasteiger partial charge on any atom is 0.306 e. The standard InChI is InChI=1S/C11H15NO3S/c1-7-2-3-8(12)4-10(7)16-6-9(13)5-11(14)15/h2-4,9,13H,5-6,12H2,1H3,(H,14,15). The van der Waals surface area contributed by atoms with Crippen molar-refractivity contribution in [2.75, 3.05) is 11.5 Å². The van der Waals surface area contributed by atoms with Gasteiger partial charge in [-0.05, 0) is 24.6 Å². The predicted molar refractivity (Wildman–Crippen MR) is 64.6 cm³/mol. The molecule has 0 amide bonds. The van der Waals surface area contributed by atoms with Gasteiger partial charge in [-0.2, -0.15) is 0 Å². The number of carbonyl (C=O) groups is 1. The molecule has 5 heteroatoms. The SMILES string of the molecule is Cc1ccc(N)cc1SCC(O)CC(=O)O. The zero-order valence-corrected chi connectivity index (χ0v) is 9.83. The van der Waals surface area contributed by atoms with E-state index in [0.29, 0.717) is 11.4 Å². The number of nitrogens with two attached hydrogens (primary N) is 1. The van der Waals surface area contributed by atoms with E-state index >= 15 is 0 Å². The minimum absolute atomic E-state index is 0.228. The molecule has 0 heterocycles. The molecule has 0 spiro atoms. The molecule has 0 saturated heterocycles. The third-order valence-electron chi connectivity index (χ3n) is 2.05. The van der Waals surface area contributed by atoms with Crippen LogP contribution >= 0.6 is 11.8 Å². The largest absolute Gasteiger partial charge is 0.481 e. The van der Waals surface area contributed by atoms with Gasteiger partial charge in [0.15, 0.2) is 0 Å². The zero-order valence-electron chi connectivity index (χ0n) is 9.01. The number of hydrogen-bond acceptors (Lipinski definition) is 4. The summed E-state index contributed by atoms with van der Waals surface area (Å²) in [6.45, 7) is 1.95. The van der Waals surface area contributed by atoms with Crippen LogP contribution in [0.3, 0.4) is 0 Å². The summed E-state index contributed by atoms with van der Waals surface area (Å²) in [5.74, 6) is -0.631. The molecule has 0 saturated carbocycles. The zero-order chi connectivity index (χ0) is 12.1. The first-order chi connectivity index (χ1) is 7.49. The van der Waals surface area contributed by atoms with E-state index in [9.17, 15) is 9.90 Å². The van der Waals surface area contributed by atoms with Crippen molar-refractivity contribution < 1.29 is 15.0 Å². The Morgan fingerprint density at radius 2 is 2.25 bits per heavy atom. The van der Waals surface area contributed by atoms with Crippen LogP contribution in [0.5, 0.6) is 0 Å². The summed E-state index contributed by atoms with van der Waals surface area (Å²) in [6.07, 6.45) is -1.06. The minimum atomic E-state index is -0.989. The fourth-order valence-corrected chi connectivity index (χ4v) is 2.22. The van der Waals surface area contributed by atoms with Gasteiger partial charge in [-0.15, -0.1) is 11.8 Å².